The van der Waals surface area contributed by atoms with Crippen molar-refractivity contribution in [2.45, 2.75) is 14.7 Å². The largest absolute Gasteiger partial charge is 0.321 e. The Hall–Kier alpha value is -4.57. The first-order chi connectivity index (χ1) is 21.9. The fraction of sp³-hybridized carbons (Fsp3) is 0.0278. The number of nitrogens with zero attached hydrogens (tertiary/aromatic N) is 1. The third-order valence-corrected chi connectivity index (χ3v) is 9.52. The molecule has 5 aromatic rings. The summed E-state index contributed by atoms with van der Waals surface area (Å²) < 4.78 is 0.906. The van der Waals surface area contributed by atoms with E-state index in [1.54, 1.807) is 59.1 Å². The van der Waals surface area contributed by atoms with E-state index in [1.165, 1.54) is 11.8 Å². The molecule has 45 heavy (non-hydrogen) atoms. The van der Waals surface area contributed by atoms with Crippen molar-refractivity contribution < 1.29 is 14.4 Å². The van der Waals surface area contributed by atoms with Crippen LogP contribution in [0.5, 0.6) is 0 Å². The number of amides is 3. The summed E-state index contributed by atoms with van der Waals surface area (Å²) in [7, 11) is 0. The van der Waals surface area contributed by atoms with Crippen LogP contribution in [0, 0.1) is 0 Å². The number of benzene rings is 5. The zero-order valence-corrected chi connectivity index (χ0v) is 27.0. The molecule has 6 rings (SSSR count). The van der Waals surface area contributed by atoms with Crippen LogP contribution in [0.2, 0.25) is 0 Å². The third kappa shape index (κ3) is 7.39. The van der Waals surface area contributed by atoms with Gasteiger partial charge in [-0.3, -0.25) is 19.3 Å². The Morgan fingerprint density at radius 2 is 1.33 bits per heavy atom. The number of carbonyl (C=O) groups is 3. The second kappa shape index (κ2) is 14.0. The molecule has 0 radical (unpaired) electrons. The lowest BCUT2D eigenvalue weighted by molar-refractivity contribution is -0.115. The smallest absolute Gasteiger partial charge is 0.272 e. The number of rotatable bonds is 8. The number of para-hydroxylation sites is 2. The summed E-state index contributed by atoms with van der Waals surface area (Å²) in [4.78, 5) is 44.6. The molecular weight excluding hydrogens is 666 g/mol. The number of hydrogen-bond acceptors (Lipinski definition) is 5. The van der Waals surface area contributed by atoms with E-state index in [-0.39, 0.29) is 23.3 Å². The van der Waals surface area contributed by atoms with Crippen LogP contribution in [0.4, 0.5) is 17.1 Å². The number of fused-ring (bicyclic) bond motifs is 2. The van der Waals surface area contributed by atoms with E-state index < -0.39 is 5.91 Å². The zero-order chi connectivity index (χ0) is 31.2. The van der Waals surface area contributed by atoms with Crippen molar-refractivity contribution >= 4 is 80.3 Å². The van der Waals surface area contributed by atoms with Gasteiger partial charge in [0.25, 0.3) is 11.8 Å². The van der Waals surface area contributed by atoms with Crippen LogP contribution in [-0.2, 0) is 9.59 Å². The maximum Gasteiger partial charge on any atom is 0.272 e. The molecule has 0 saturated heterocycles. The summed E-state index contributed by atoms with van der Waals surface area (Å²) in [5.41, 5.74) is 3.63. The first-order valence-electron chi connectivity index (χ1n) is 14.0. The zero-order valence-electron chi connectivity index (χ0n) is 23.8. The summed E-state index contributed by atoms with van der Waals surface area (Å²) >= 11 is 6.52. The average molecular weight is 693 g/mol. The first kappa shape index (κ1) is 30.5. The van der Waals surface area contributed by atoms with Gasteiger partial charge in [0.15, 0.2) is 0 Å². The molecular formula is C36H26BrN3O3S2. The molecule has 0 aromatic heterocycles. The van der Waals surface area contributed by atoms with Crippen molar-refractivity contribution in [2.24, 2.45) is 0 Å². The summed E-state index contributed by atoms with van der Waals surface area (Å²) in [6.45, 7) is 0. The molecule has 0 bridgehead atoms. The highest BCUT2D eigenvalue weighted by Crippen LogP contribution is 2.48. The second-order valence-electron chi connectivity index (χ2n) is 9.96. The molecule has 0 unspecified atom stereocenters. The summed E-state index contributed by atoms with van der Waals surface area (Å²) in [6, 6.07) is 39.3. The number of thioether (sulfide) groups is 1. The standard InChI is InChI=1S/C36H26BrN3O3S2/c37-26-16-14-24(15-17-26)22-29(39-35(42)25-8-2-1-3-9-25)36(43)38-27-18-20-28(21-19-27)44-23-34(41)40-30-10-4-6-12-32(30)45-33-13-7-5-11-31(33)40/h1-22H,23H2,(H,38,43)(H,39,42)/b29-22-. The van der Waals surface area contributed by atoms with E-state index in [1.807, 2.05) is 91.0 Å². The van der Waals surface area contributed by atoms with Crippen molar-refractivity contribution in [3.63, 3.8) is 0 Å². The third-order valence-electron chi connectivity index (χ3n) is 6.87. The highest BCUT2D eigenvalue weighted by molar-refractivity contribution is 9.10. The first-order valence-corrected chi connectivity index (χ1v) is 16.6. The molecule has 222 valence electrons. The van der Waals surface area contributed by atoms with E-state index in [2.05, 4.69) is 26.6 Å². The lowest BCUT2D eigenvalue weighted by Gasteiger charge is -2.31. The number of hydrogen-bond donors (Lipinski definition) is 2. The Labute approximate surface area is 278 Å². The van der Waals surface area contributed by atoms with E-state index in [0.717, 1.165) is 36.1 Å². The van der Waals surface area contributed by atoms with Gasteiger partial charge in [0.1, 0.15) is 5.70 Å². The van der Waals surface area contributed by atoms with Crippen molar-refractivity contribution in [3.8, 4) is 0 Å². The van der Waals surface area contributed by atoms with Crippen LogP contribution < -0.4 is 15.5 Å². The SMILES string of the molecule is O=C(Nc1ccc(SCC(=O)N2c3ccccc3Sc3ccccc32)cc1)/C(=C/c1ccc(Br)cc1)NC(=O)c1ccccc1. The molecule has 0 saturated carbocycles. The molecule has 9 heteroatoms. The molecule has 1 aliphatic heterocycles. The predicted molar refractivity (Wildman–Crippen MR) is 186 cm³/mol. The predicted octanol–water partition coefficient (Wildman–Crippen LogP) is 8.78. The molecule has 2 N–H and O–H groups in total. The van der Waals surface area contributed by atoms with Crippen LogP contribution >= 0.6 is 39.5 Å². The molecule has 6 nitrogen and oxygen atoms in total. The quantitative estimate of drug-likeness (QED) is 0.126. The van der Waals surface area contributed by atoms with Gasteiger partial charge in [0, 0.05) is 30.4 Å². The number of anilines is 3. The molecule has 3 amide bonds. The van der Waals surface area contributed by atoms with E-state index in [4.69, 9.17) is 0 Å². The van der Waals surface area contributed by atoms with E-state index in [9.17, 15) is 14.4 Å². The number of carbonyl (C=O) groups excluding carboxylic acids is 3. The van der Waals surface area contributed by atoms with Gasteiger partial charge in [-0.05, 0) is 84.4 Å². The van der Waals surface area contributed by atoms with Crippen LogP contribution in [0.1, 0.15) is 15.9 Å². The fourth-order valence-electron chi connectivity index (χ4n) is 4.68. The van der Waals surface area contributed by atoms with Gasteiger partial charge in [-0.25, -0.2) is 0 Å². The van der Waals surface area contributed by atoms with Crippen molar-refractivity contribution in [2.75, 3.05) is 16.0 Å². The molecule has 0 aliphatic carbocycles. The van der Waals surface area contributed by atoms with E-state index >= 15 is 0 Å². The highest BCUT2D eigenvalue weighted by Gasteiger charge is 2.27. The summed E-state index contributed by atoms with van der Waals surface area (Å²) in [6.07, 6.45) is 1.63. The highest BCUT2D eigenvalue weighted by atomic mass is 79.9. The van der Waals surface area contributed by atoms with Gasteiger partial charge in [-0.15, -0.1) is 11.8 Å². The van der Waals surface area contributed by atoms with Gasteiger partial charge < -0.3 is 10.6 Å². The van der Waals surface area contributed by atoms with Gasteiger partial charge in [0.05, 0.1) is 17.1 Å². The van der Waals surface area contributed by atoms with E-state index in [0.29, 0.717) is 11.3 Å². The van der Waals surface area contributed by atoms with Crippen LogP contribution in [0.15, 0.2) is 152 Å². The maximum absolute atomic E-state index is 13.5. The van der Waals surface area contributed by atoms with Gasteiger partial charge in [0.2, 0.25) is 5.91 Å². The van der Waals surface area contributed by atoms with Crippen molar-refractivity contribution in [1.29, 1.82) is 0 Å². The Kier molecular flexibility index (Phi) is 9.49. The topological polar surface area (TPSA) is 78.5 Å². The van der Waals surface area contributed by atoms with Gasteiger partial charge >= 0.3 is 0 Å². The minimum absolute atomic E-state index is 0.0190. The second-order valence-corrected chi connectivity index (χ2v) is 13.0. The minimum Gasteiger partial charge on any atom is -0.321 e. The van der Waals surface area contributed by atoms with Gasteiger partial charge in [-0.1, -0.05) is 82.3 Å². The van der Waals surface area contributed by atoms with Crippen molar-refractivity contribution in [1.82, 2.24) is 5.32 Å². The Morgan fingerprint density at radius 3 is 1.98 bits per heavy atom. The molecule has 0 spiro atoms. The van der Waals surface area contributed by atoms with Crippen LogP contribution in [-0.4, -0.2) is 23.5 Å². The summed E-state index contributed by atoms with van der Waals surface area (Å²) in [5, 5.41) is 5.63. The van der Waals surface area contributed by atoms with Crippen LogP contribution in [0.3, 0.4) is 0 Å². The minimum atomic E-state index is -0.460. The molecule has 0 fully saturated rings. The number of nitrogens with one attached hydrogen (secondary N) is 2. The average Bonchev–Trinajstić information content (AvgIpc) is 3.07. The molecule has 0 atom stereocenters. The molecule has 1 aliphatic rings. The normalized spacial score (nSPS) is 12.1. The number of halogens is 1. The summed E-state index contributed by atoms with van der Waals surface area (Å²) in [5.74, 6) is -0.624. The fourth-order valence-corrected chi connectivity index (χ4v) is 6.75. The van der Waals surface area contributed by atoms with Crippen molar-refractivity contribution in [3.05, 3.63) is 149 Å². The maximum atomic E-state index is 13.5. The lowest BCUT2D eigenvalue weighted by Crippen LogP contribution is -2.30. The molecule has 1 heterocycles. The Bertz CT molecular complexity index is 1850. The monoisotopic (exact) mass is 691 g/mol. The van der Waals surface area contributed by atoms with Gasteiger partial charge in [-0.2, -0.15) is 0 Å². The lowest BCUT2D eigenvalue weighted by atomic mass is 10.1. The van der Waals surface area contributed by atoms with Crippen LogP contribution in [0.25, 0.3) is 6.08 Å². The molecule has 5 aromatic carbocycles. The Balaban J connectivity index is 1.14. The Morgan fingerprint density at radius 1 is 0.733 bits per heavy atom.